The molecule has 0 saturated heterocycles. The molecule has 182 valence electrons. The van der Waals surface area contributed by atoms with E-state index in [1.54, 1.807) is 24.0 Å². The van der Waals surface area contributed by atoms with Gasteiger partial charge in [0.25, 0.3) is 0 Å². The topological polar surface area (TPSA) is 126 Å². The van der Waals surface area contributed by atoms with E-state index in [9.17, 15) is 15.0 Å². The van der Waals surface area contributed by atoms with Crippen LogP contribution >= 0.6 is 0 Å². The van der Waals surface area contributed by atoms with Gasteiger partial charge in [0, 0.05) is 49.6 Å². The highest BCUT2D eigenvalue weighted by atomic mass is 16.7. The van der Waals surface area contributed by atoms with Gasteiger partial charge in [0.1, 0.15) is 5.71 Å². The van der Waals surface area contributed by atoms with Gasteiger partial charge >= 0.3 is 0 Å². The van der Waals surface area contributed by atoms with Gasteiger partial charge in [-0.15, -0.1) is 5.10 Å². The number of hydrogen-bond donors (Lipinski definition) is 2. The van der Waals surface area contributed by atoms with Crippen molar-refractivity contribution >= 4 is 17.3 Å². The van der Waals surface area contributed by atoms with Crippen molar-refractivity contribution in [3.63, 3.8) is 0 Å². The number of amides is 1. The summed E-state index contributed by atoms with van der Waals surface area (Å²) < 4.78 is 1.80. The number of pyridine rings is 1. The maximum atomic E-state index is 12.6. The lowest BCUT2D eigenvalue weighted by Gasteiger charge is -2.29. The fraction of sp³-hybridized carbons (Fsp3) is 0.400. The number of aliphatic hydroxyl groups excluding tert-OH is 2. The van der Waals surface area contributed by atoms with E-state index in [0.29, 0.717) is 24.4 Å². The molecular formula is C25H28N6O4. The molecule has 0 spiro atoms. The summed E-state index contributed by atoms with van der Waals surface area (Å²) in [7, 11) is 0. The number of aliphatic hydroxyl groups is 2. The van der Waals surface area contributed by atoms with E-state index in [2.05, 4.69) is 33.4 Å². The number of anilines is 1. The second-order valence-electron chi connectivity index (χ2n) is 9.34. The predicted molar refractivity (Wildman–Crippen MR) is 129 cm³/mol. The number of carbonyl (C=O) groups is 1. The van der Waals surface area contributed by atoms with Crippen LogP contribution in [0.2, 0.25) is 0 Å². The molecule has 0 unspecified atom stereocenters. The lowest BCUT2D eigenvalue weighted by molar-refractivity contribution is -0.117. The highest BCUT2D eigenvalue weighted by Gasteiger charge is 2.39. The van der Waals surface area contributed by atoms with Crippen LogP contribution in [0.3, 0.4) is 0 Å². The first-order valence-corrected chi connectivity index (χ1v) is 11.6. The summed E-state index contributed by atoms with van der Waals surface area (Å²) in [5, 5.41) is 31.0. The van der Waals surface area contributed by atoms with Gasteiger partial charge in [-0.1, -0.05) is 29.4 Å². The van der Waals surface area contributed by atoms with Crippen LogP contribution in [0, 0.1) is 5.92 Å². The maximum absolute atomic E-state index is 12.6. The molecule has 10 nitrogen and oxygen atoms in total. The molecule has 0 bridgehead atoms. The van der Waals surface area contributed by atoms with Crippen LogP contribution in [0.25, 0.3) is 11.1 Å². The van der Waals surface area contributed by atoms with E-state index in [0.717, 1.165) is 28.8 Å². The summed E-state index contributed by atoms with van der Waals surface area (Å²) in [6.45, 7) is 3.79. The zero-order valence-corrected chi connectivity index (χ0v) is 19.7. The van der Waals surface area contributed by atoms with Crippen LogP contribution < -0.4 is 4.90 Å². The minimum absolute atomic E-state index is 0.0272. The van der Waals surface area contributed by atoms with Gasteiger partial charge in [-0.25, -0.2) is 0 Å². The van der Waals surface area contributed by atoms with Gasteiger partial charge in [0.2, 0.25) is 5.91 Å². The van der Waals surface area contributed by atoms with Crippen LogP contribution in [0.15, 0.2) is 54.1 Å². The number of oxime groups is 1. The quantitative estimate of drug-likeness (QED) is 0.533. The van der Waals surface area contributed by atoms with Crippen molar-refractivity contribution in [2.24, 2.45) is 11.1 Å². The van der Waals surface area contributed by atoms with Crippen molar-refractivity contribution in [1.29, 1.82) is 0 Å². The Morgan fingerprint density at radius 3 is 2.66 bits per heavy atom. The summed E-state index contributed by atoms with van der Waals surface area (Å²) in [6, 6.07) is 10.0. The molecule has 4 heterocycles. The first-order valence-electron chi connectivity index (χ1n) is 11.6. The fourth-order valence-corrected chi connectivity index (χ4v) is 4.88. The number of carbonyl (C=O) groups excluding carboxylic acids is 1. The van der Waals surface area contributed by atoms with Crippen molar-refractivity contribution in [3.8, 4) is 11.1 Å². The number of aromatic nitrogens is 4. The maximum Gasteiger partial charge on any atom is 0.224 e. The van der Waals surface area contributed by atoms with Gasteiger partial charge in [0.05, 0.1) is 25.1 Å². The average molecular weight is 477 g/mol. The van der Waals surface area contributed by atoms with Crippen molar-refractivity contribution in [3.05, 3.63) is 60.2 Å². The van der Waals surface area contributed by atoms with E-state index in [1.165, 1.54) is 0 Å². The number of rotatable bonds is 7. The molecule has 2 atom stereocenters. The molecule has 2 aliphatic heterocycles. The van der Waals surface area contributed by atoms with Gasteiger partial charge in [-0.05, 0) is 41.7 Å². The van der Waals surface area contributed by atoms with Gasteiger partial charge in [-0.2, -0.15) is 0 Å². The Balaban J connectivity index is 1.35. The standard InChI is InChI=1S/C25H28N6O4/c1-16(13-30-8-7-27-29-30)24-10-20-9-18(4-6-23(20)31(24)17(2)34)19-3-5-21(26-12-19)22-11-25(14-32,15-33)35-28-22/h3-9,12,16,24,32-33H,10-11,13-15H2,1-2H3/t16-,24-/m0/s1. The van der Waals surface area contributed by atoms with Gasteiger partial charge < -0.3 is 20.0 Å². The summed E-state index contributed by atoms with van der Waals surface area (Å²) in [4.78, 5) is 24.3. The van der Waals surface area contributed by atoms with Crippen molar-refractivity contribution < 1.29 is 19.8 Å². The first-order chi connectivity index (χ1) is 16.9. The van der Waals surface area contributed by atoms with Crippen LogP contribution in [-0.2, 0) is 22.6 Å². The Kier molecular flexibility index (Phi) is 6.08. The molecule has 5 rings (SSSR count). The highest BCUT2D eigenvalue weighted by molar-refractivity contribution is 6.00. The van der Waals surface area contributed by atoms with E-state index in [-0.39, 0.29) is 31.1 Å². The third-order valence-electron chi connectivity index (χ3n) is 6.85. The SMILES string of the molecule is CC(=O)N1c2ccc(-c3ccc(C4=NOC(CO)(CO)C4)nc3)cc2C[C@H]1[C@@H](C)Cn1ccnn1. The van der Waals surface area contributed by atoms with Gasteiger partial charge in [0.15, 0.2) is 5.60 Å². The number of benzene rings is 1. The first kappa shape index (κ1) is 23.1. The minimum atomic E-state index is -1.08. The van der Waals surface area contributed by atoms with E-state index < -0.39 is 5.60 Å². The molecule has 10 heteroatoms. The second-order valence-corrected chi connectivity index (χ2v) is 9.34. The number of hydrogen-bond acceptors (Lipinski definition) is 8. The zero-order valence-electron chi connectivity index (χ0n) is 19.7. The van der Waals surface area contributed by atoms with Crippen LogP contribution in [0.4, 0.5) is 5.69 Å². The minimum Gasteiger partial charge on any atom is -0.392 e. The van der Waals surface area contributed by atoms with E-state index in [1.807, 2.05) is 35.4 Å². The number of fused-ring (bicyclic) bond motifs is 1. The summed E-state index contributed by atoms with van der Waals surface area (Å²) in [5.74, 6) is 0.219. The molecule has 0 aliphatic carbocycles. The molecule has 3 aromatic rings. The second kappa shape index (κ2) is 9.20. The lowest BCUT2D eigenvalue weighted by atomic mass is 9.96. The normalized spacial score (nSPS) is 19.3. The Morgan fingerprint density at radius 1 is 1.23 bits per heavy atom. The summed E-state index contributed by atoms with van der Waals surface area (Å²) in [6.07, 6.45) is 6.33. The monoisotopic (exact) mass is 476 g/mol. The van der Waals surface area contributed by atoms with Gasteiger partial charge in [-0.3, -0.25) is 14.5 Å². The van der Waals surface area contributed by atoms with Crippen molar-refractivity contribution in [2.45, 2.75) is 44.9 Å². The van der Waals surface area contributed by atoms with Crippen molar-refractivity contribution in [2.75, 3.05) is 18.1 Å². The zero-order chi connectivity index (χ0) is 24.6. The molecule has 1 amide bonds. The molecule has 0 fully saturated rings. The Morgan fingerprint density at radius 2 is 2.03 bits per heavy atom. The number of nitrogens with zero attached hydrogens (tertiary/aromatic N) is 6. The molecular weight excluding hydrogens is 448 g/mol. The van der Waals surface area contributed by atoms with E-state index >= 15 is 0 Å². The third-order valence-corrected chi connectivity index (χ3v) is 6.85. The third kappa shape index (κ3) is 4.30. The molecule has 2 N–H and O–H groups in total. The largest absolute Gasteiger partial charge is 0.392 e. The average Bonchev–Trinajstić information content (AvgIpc) is 3.62. The molecule has 35 heavy (non-hydrogen) atoms. The highest BCUT2D eigenvalue weighted by Crippen LogP contribution is 2.38. The van der Waals surface area contributed by atoms with Crippen LogP contribution in [0.1, 0.15) is 31.5 Å². The molecule has 2 aromatic heterocycles. The smallest absolute Gasteiger partial charge is 0.224 e. The molecule has 2 aliphatic rings. The Hall–Kier alpha value is -3.63. The van der Waals surface area contributed by atoms with Crippen LogP contribution in [-0.4, -0.2) is 66.7 Å². The molecule has 0 saturated carbocycles. The summed E-state index contributed by atoms with van der Waals surface area (Å²) >= 11 is 0. The molecule has 0 radical (unpaired) electrons. The lowest BCUT2D eigenvalue weighted by Crippen LogP contribution is -2.41. The predicted octanol–water partition coefficient (Wildman–Crippen LogP) is 1.80. The van der Waals surface area contributed by atoms with Crippen LogP contribution in [0.5, 0.6) is 0 Å². The Bertz CT molecular complexity index is 1240. The van der Waals surface area contributed by atoms with E-state index in [4.69, 9.17) is 4.84 Å². The van der Waals surface area contributed by atoms with Crippen molar-refractivity contribution in [1.82, 2.24) is 20.0 Å². The molecule has 1 aromatic carbocycles. The Labute approximate surface area is 202 Å². The fourth-order valence-electron chi connectivity index (χ4n) is 4.88. The summed E-state index contributed by atoms with van der Waals surface area (Å²) in [5.41, 5.74) is 4.18.